The normalized spacial score (nSPS) is 10.8. The maximum atomic E-state index is 9.06. The number of rotatable bonds is 0. The lowest BCUT2D eigenvalue weighted by Gasteiger charge is -2.00. The van der Waals surface area contributed by atoms with Crippen LogP contribution in [-0.2, 0) is 0 Å². The molecule has 0 aliphatic rings. The maximum absolute atomic E-state index is 9.06. The van der Waals surface area contributed by atoms with E-state index in [1.54, 1.807) is 4.40 Å². The van der Waals surface area contributed by atoms with Gasteiger partial charge in [0, 0.05) is 11.6 Å². The third-order valence-electron chi connectivity index (χ3n) is 3.34. The molecule has 21 heavy (non-hydrogen) atoms. The van der Waals surface area contributed by atoms with Gasteiger partial charge in [-0.3, -0.25) is 4.40 Å². The van der Waals surface area contributed by atoms with Gasteiger partial charge in [-0.05, 0) is 11.5 Å². The number of aromatic nitrogens is 4. The summed E-state index contributed by atoms with van der Waals surface area (Å²) in [5.74, 6) is 0. The molecule has 0 aliphatic carbocycles. The first kappa shape index (κ1) is 11.3. The predicted octanol–water partition coefficient (Wildman–Crippen LogP) is 2.17. The Labute approximate surface area is 118 Å². The Balaban J connectivity index is 2.24. The Kier molecular flexibility index (Phi) is 2.15. The molecule has 0 aliphatic heterocycles. The van der Waals surface area contributed by atoms with Gasteiger partial charge < -0.3 is 0 Å². The zero-order chi connectivity index (χ0) is 14.4. The lowest BCUT2D eigenvalue weighted by molar-refractivity contribution is 1.14. The summed E-state index contributed by atoms with van der Waals surface area (Å²) in [6.45, 7) is 0. The molecule has 0 saturated heterocycles. The number of hydrogen-bond donors (Lipinski definition) is 0. The SMILES string of the molecule is N#Cc1nc2nc3c4ccccc4ccn3c2nc1C#N. The van der Waals surface area contributed by atoms with Crippen molar-refractivity contribution in [2.24, 2.45) is 0 Å². The second-order valence-electron chi connectivity index (χ2n) is 4.50. The molecule has 0 saturated carbocycles. The van der Waals surface area contributed by atoms with Gasteiger partial charge in [0.15, 0.2) is 22.7 Å². The minimum absolute atomic E-state index is 0.00212. The van der Waals surface area contributed by atoms with E-state index in [1.807, 2.05) is 48.7 Å². The summed E-state index contributed by atoms with van der Waals surface area (Å²) < 4.78 is 1.78. The van der Waals surface area contributed by atoms with Crippen LogP contribution < -0.4 is 0 Å². The molecule has 3 aromatic heterocycles. The molecule has 0 atom stereocenters. The Hall–Kier alpha value is -3.51. The van der Waals surface area contributed by atoms with Crippen molar-refractivity contribution in [1.29, 1.82) is 10.5 Å². The first-order valence-corrected chi connectivity index (χ1v) is 6.19. The van der Waals surface area contributed by atoms with Crippen LogP contribution in [0.2, 0.25) is 0 Å². The fourth-order valence-electron chi connectivity index (χ4n) is 2.40. The van der Waals surface area contributed by atoms with Crippen LogP contribution in [0.1, 0.15) is 11.4 Å². The lowest BCUT2D eigenvalue weighted by atomic mass is 10.2. The Morgan fingerprint density at radius 2 is 1.62 bits per heavy atom. The summed E-state index contributed by atoms with van der Waals surface area (Å²) in [6, 6.07) is 13.6. The number of nitrogens with zero attached hydrogens (tertiary/aromatic N) is 6. The maximum Gasteiger partial charge on any atom is 0.199 e. The van der Waals surface area contributed by atoms with Crippen molar-refractivity contribution < 1.29 is 0 Å². The summed E-state index contributed by atoms with van der Waals surface area (Å²) in [7, 11) is 0. The van der Waals surface area contributed by atoms with Gasteiger partial charge in [0.25, 0.3) is 0 Å². The summed E-state index contributed by atoms with van der Waals surface area (Å²) in [5, 5.41) is 20.1. The Bertz CT molecular complexity index is 1110. The second kappa shape index (κ2) is 3.99. The molecule has 0 fully saturated rings. The monoisotopic (exact) mass is 270 g/mol. The van der Waals surface area contributed by atoms with Gasteiger partial charge >= 0.3 is 0 Å². The van der Waals surface area contributed by atoms with E-state index in [2.05, 4.69) is 15.0 Å². The molecule has 96 valence electrons. The zero-order valence-corrected chi connectivity index (χ0v) is 10.6. The molecule has 6 heteroatoms. The summed E-state index contributed by atoms with van der Waals surface area (Å²) in [4.78, 5) is 12.8. The third-order valence-corrected chi connectivity index (χ3v) is 3.34. The highest BCUT2D eigenvalue weighted by molar-refractivity contribution is 5.96. The average molecular weight is 270 g/mol. The Morgan fingerprint density at radius 1 is 0.857 bits per heavy atom. The number of imidazole rings is 1. The summed E-state index contributed by atoms with van der Waals surface area (Å²) in [6.07, 6.45) is 1.84. The van der Waals surface area contributed by atoms with Crippen molar-refractivity contribution >= 4 is 27.7 Å². The number of benzene rings is 1. The van der Waals surface area contributed by atoms with E-state index in [0.29, 0.717) is 16.9 Å². The first-order valence-electron chi connectivity index (χ1n) is 6.19. The molecular weight excluding hydrogens is 264 g/mol. The number of nitriles is 2. The van der Waals surface area contributed by atoms with Crippen LogP contribution in [0.25, 0.3) is 27.7 Å². The topological polar surface area (TPSA) is 90.7 Å². The van der Waals surface area contributed by atoms with Crippen LogP contribution in [0.15, 0.2) is 36.5 Å². The minimum atomic E-state index is -0.00212. The van der Waals surface area contributed by atoms with E-state index >= 15 is 0 Å². The van der Waals surface area contributed by atoms with Crippen LogP contribution in [-0.4, -0.2) is 19.4 Å². The second-order valence-corrected chi connectivity index (χ2v) is 4.50. The van der Waals surface area contributed by atoms with Crippen molar-refractivity contribution in [1.82, 2.24) is 19.4 Å². The fourth-order valence-corrected chi connectivity index (χ4v) is 2.40. The molecule has 3 heterocycles. The van der Waals surface area contributed by atoms with Crippen LogP contribution in [0, 0.1) is 22.7 Å². The van der Waals surface area contributed by atoms with Gasteiger partial charge in [0.1, 0.15) is 17.8 Å². The molecule has 6 nitrogen and oxygen atoms in total. The van der Waals surface area contributed by atoms with Gasteiger partial charge in [0.05, 0.1) is 0 Å². The summed E-state index contributed by atoms with van der Waals surface area (Å²) >= 11 is 0. The number of fused-ring (bicyclic) bond motifs is 5. The molecule has 0 bridgehead atoms. The minimum Gasteiger partial charge on any atom is -0.282 e. The standard InChI is InChI=1S/C15H6N6/c16-7-11-12(8-17)19-15-13(18-11)20-14-10-4-2-1-3-9(10)5-6-21(14)15/h1-6H. The van der Waals surface area contributed by atoms with Crippen molar-refractivity contribution in [2.75, 3.05) is 0 Å². The van der Waals surface area contributed by atoms with Crippen molar-refractivity contribution in [3.63, 3.8) is 0 Å². The molecule has 1 aromatic carbocycles. The van der Waals surface area contributed by atoms with Crippen molar-refractivity contribution in [2.45, 2.75) is 0 Å². The van der Waals surface area contributed by atoms with Crippen LogP contribution in [0.4, 0.5) is 0 Å². The van der Waals surface area contributed by atoms with Gasteiger partial charge in [-0.25, -0.2) is 15.0 Å². The molecule has 0 unspecified atom stereocenters. The highest BCUT2D eigenvalue weighted by Gasteiger charge is 2.14. The van der Waals surface area contributed by atoms with E-state index in [4.69, 9.17) is 10.5 Å². The highest BCUT2D eigenvalue weighted by Crippen LogP contribution is 2.22. The van der Waals surface area contributed by atoms with Crippen LogP contribution in [0.3, 0.4) is 0 Å². The predicted molar refractivity (Wildman–Crippen MR) is 75.2 cm³/mol. The third kappa shape index (κ3) is 1.47. The van der Waals surface area contributed by atoms with E-state index < -0.39 is 0 Å². The highest BCUT2D eigenvalue weighted by atomic mass is 15.1. The van der Waals surface area contributed by atoms with E-state index in [9.17, 15) is 0 Å². The van der Waals surface area contributed by atoms with Gasteiger partial charge in [-0.1, -0.05) is 24.3 Å². The molecule has 4 aromatic rings. The van der Waals surface area contributed by atoms with Crippen molar-refractivity contribution in [3.8, 4) is 12.1 Å². The Morgan fingerprint density at radius 3 is 2.43 bits per heavy atom. The molecule has 0 amide bonds. The molecule has 4 rings (SSSR count). The molecular formula is C15H6N6. The molecule has 0 N–H and O–H groups in total. The van der Waals surface area contributed by atoms with Gasteiger partial charge in [-0.15, -0.1) is 0 Å². The van der Waals surface area contributed by atoms with Crippen LogP contribution >= 0.6 is 0 Å². The largest absolute Gasteiger partial charge is 0.282 e. The van der Waals surface area contributed by atoms with Gasteiger partial charge in [0.2, 0.25) is 0 Å². The average Bonchev–Trinajstić information content (AvgIpc) is 2.91. The molecule has 0 spiro atoms. The smallest absolute Gasteiger partial charge is 0.199 e. The van der Waals surface area contributed by atoms with Gasteiger partial charge in [-0.2, -0.15) is 10.5 Å². The lowest BCUT2D eigenvalue weighted by Crippen LogP contribution is -1.96. The fraction of sp³-hybridized carbons (Fsp3) is 0. The first-order chi connectivity index (χ1) is 10.3. The number of pyridine rings is 1. The van der Waals surface area contributed by atoms with Crippen molar-refractivity contribution in [3.05, 3.63) is 47.9 Å². The van der Waals surface area contributed by atoms with E-state index in [1.165, 1.54) is 0 Å². The molecule has 0 radical (unpaired) electrons. The summed E-state index contributed by atoms with van der Waals surface area (Å²) in [5.41, 5.74) is 1.56. The zero-order valence-electron chi connectivity index (χ0n) is 10.6. The quantitative estimate of drug-likeness (QED) is 0.488. The number of hydrogen-bond acceptors (Lipinski definition) is 5. The van der Waals surface area contributed by atoms with E-state index in [0.717, 1.165) is 10.8 Å². The van der Waals surface area contributed by atoms with E-state index in [-0.39, 0.29) is 11.4 Å². The van der Waals surface area contributed by atoms with Crippen LogP contribution in [0.5, 0.6) is 0 Å².